The minimum absolute atomic E-state index is 0.138. The van der Waals surface area contributed by atoms with Crippen molar-refractivity contribution < 1.29 is 9.59 Å². The number of hydrogen-bond donors (Lipinski definition) is 2. The summed E-state index contributed by atoms with van der Waals surface area (Å²) in [7, 11) is 1.59. The Morgan fingerprint density at radius 1 is 1.19 bits per heavy atom. The fraction of sp³-hybridized carbons (Fsp3) is 0.150. The summed E-state index contributed by atoms with van der Waals surface area (Å²) < 4.78 is 1.95. The first-order chi connectivity index (χ1) is 12.6. The molecule has 0 spiro atoms. The predicted octanol–water partition coefficient (Wildman–Crippen LogP) is 2.33. The van der Waals surface area contributed by atoms with Crippen LogP contribution in [0.3, 0.4) is 0 Å². The summed E-state index contributed by atoms with van der Waals surface area (Å²) in [6.07, 6.45) is 7.01. The molecular weight excluding hydrogens is 328 g/mol. The summed E-state index contributed by atoms with van der Waals surface area (Å²) in [6.45, 7) is 2.36. The Balaban J connectivity index is 1.58. The van der Waals surface area contributed by atoms with Crippen LogP contribution < -0.4 is 10.6 Å². The highest BCUT2D eigenvalue weighted by molar-refractivity contribution is 5.94. The molecule has 2 aromatic heterocycles. The van der Waals surface area contributed by atoms with Gasteiger partial charge >= 0.3 is 0 Å². The molecule has 2 N–H and O–H groups in total. The molecule has 132 valence electrons. The molecule has 2 heterocycles. The highest BCUT2D eigenvalue weighted by Gasteiger charge is 2.05. The molecule has 0 aliphatic rings. The monoisotopic (exact) mass is 348 g/mol. The number of rotatable bonds is 5. The minimum Gasteiger partial charge on any atom is -0.355 e. The fourth-order valence-electron chi connectivity index (χ4n) is 2.59. The molecule has 0 radical (unpaired) electrons. The summed E-state index contributed by atoms with van der Waals surface area (Å²) >= 11 is 0. The van der Waals surface area contributed by atoms with Gasteiger partial charge in [-0.3, -0.25) is 9.59 Å². The Labute approximate surface area is 151 Å². The summed E-state index contributed by atoms with van der Waals surface area (Å²) in [6, 6.07) is 11.0. The van der Waals surface area contributed by atoms with E-state index < -0.39 is 0 Å². The first-order valence-electron chi connectivity index (χ1n) is 8.28. The van der Waals surface area contributed by atoms with E-state index in [1.165, 1.54) is 6.08 Å². The molecule has 6 heteroatoms. The average molecular weight is 348 g/mol. The van der Waals surface area contributed by atoms with Gasteiger partial charge in [-0.15, -0.1) is 0 Å². The van der Waals surface area contributed by atoms with Crippen LogP contribution in [0.15, 0.2) is 54.9 Å². The standard InChI is InChI=1S/C20H20N4O2/c1-14-4-3-11-24-13-17(23-19(14)24)12-22-18(25)10-7-15-5-8-16(9-6-15)20(26)21-2/h3-11,13H,12H2,1-2H3,(H,21,26)(H,22,25)/b10-7+. The van der Waals surface area contributed by atoms with Gasteiger partial charge in [0.15, 0.2) is 0 Å². The molecule has 6 nitrogen and oxygen atoms in total. The van der Waals surface area contributed by atoms with Crippen molar-refractivity contribution in [3.05, 3.63) is 77.3 Å². The molecular formula is C20H20N4O2. The normalized spacial score (nSPS) is 11.0. The largest absolute Gasteiger partial charge is 0.355 e. The van der Waals surface area contributed by atoms with Crippen molar-refractivity contribution >= 4 is 23.5 Å². The van der Waals surface area contributed by atoms with Crippen LogP contribution in [0.2, 0.25) is 0 Å². The van der Waals surface area contributed by atoms with Crippen LogP contribution >= 0.6 is 0 Å². The predicted molar refractivity (Wildman–Crippen MR) is 101 cm³/mol. The second-order valence-corrected chi connectivity index (χ2v) is 5.91. The van der Waals surface area contributed by atoms with Crippen molar-refractivity contribution in [1.82, 2.24) is 20.0 Å². The number of nitrogens with zero attached hydrogens (tertiary/aromatic N) is 2. The third-order valence-corrected chi connectivity index (χ3v) is 4.00. The van der Waals surface area contributed by atoms with Gasteiger partial charge in [0, 0.05) is 31.1 Å². The molecule has 1 aromatic carbocycles. The van der Waals surface area contributed by atoms with Gasteiger partial charge in [-0.1, -0.05) is 18.2 Å². The van der Waals surface area contributed by atoms with Crippen molar-refractivity contribution in [3.63, 3.8) is 0 Å². The summed E-state index contributed by atoms with van der Waals surface area (Å²) in [5.41, 5.74) is 4.21. The lowest BCUT2D eigenvalue weighted by molar-refractivity contribution is -0.116. The van der Waals surface area contributed by atoms with Gasteiger partial charge in [-0.25, -0.2) is 4.98 Å². The number of benzene rings is 1. The van der Waals surface area contributed by atoms with E-state index in [1.54, 1.807) is 37.4 Å². The zero-order valence-corrected chi connectivity index (χ0v) is 14.7. The van der Waals surface area contributed by atoms with Crippen molar-refractivity contribution in [2.75, 3.05) is 7.05 Å². The quantitative estimate of drug-likeness (QED) is 0.695. The van der Waals surface area contributed by atoms with Gasteiger partial charge in [-0.2, -0.15) is 0 Å². The molecule has 0 saturated carbocycles. The summed E-state index contributed by atoms with van der Waals surface area (Å²) in [5.74, 6) is -0.338. The van der Waals surface area contributed by atoms with Crippen molar-refractivity contribution in [2.45, 2.75) is 13.5 Å². The van der Waals surface area contributed by atoms with Gasteiger partial charge < -0.3 is 15.0 Å². The molecule has 3 aromatic rings. The maximum absolute atomic E-state index is 12.0. The first-order valence-corrected chi connectivity index (χ1v) is 8.28. The van der Waals surface area contributed by atoms with Crippen molar-refractivity contribution in [3.8, 4) is 0 Å². The smallest absolute Gasteiger partial charge is 0.251 e. The third kappa shape index (κ3) is 3.97. The van der Waals surface area contributed by atoms with E-state index in [-0.39, 0.29) is 11.8 Å². The number of imidazole rings is 1. The van der Waals surface area contributed by atoms with Crippen LogP contribution in [0.4, 0.5) is 0 Å². The Bertz CT molecular complexity index is 971. The minimum atomic E-state index is -0.200. The maximum Gasteiger partial charge on any atom is 0.251 e. The Hall–Kier alpha value is -3.41. The Morgan fingerprint density at radius 3 is 2.65 bits per heavy atom. The molecule has 2 amide bonds. The van der Waals surface area contributed by atoms with Crippen LogP contribution in [0.25, 0.3) is 11.7 Å². The van der Waals surface area contributed by atoms with E-state index in [9.17, 15) is 9.59 Å². The number of nitrogens with one attached hydrogen (secondary N) is 2. The lowest BCUT2D eigenvalue weighted by Crippen LogP contribution is -2.20. The third-order valence-electron chi connectivity index (χ3n) is 4.00. The lowest BCUT2D eigenvalue weighted by atomic mass is 10.1. The highest BCUT2D eigenvalue weighted by Crippen LogP contribution is 2.10. The van der Waals surface area contributed by atoms with Crippen LogP contribution in [-0.2, 0) is 11.3 Å². The van der Waals surface area contributed by atoms with Gasteiger partial charge in [0.05, 0.1) is 12.2 Å². The van der Waals surface area contributed by atoms with E-state index >= 15 is 0 Å². The number of aryl methyl sites for hydroxylation is 1. The number of hydrogen-bond acceptors (Lipinski definition) is 3. The van der Waals surface area contributed by atoms with E-state index in [0.29, 0.717) is 12.1 Å². The highest BCUT2D eigenvalue weighted by atomic mass is 16.2. The molecule has 0 unspecified atom stereocenters. The number of aromatic nitrogens is 2. The number of carbonyl (C=O) groups excluding carboxylic acids is 2. The zero-order valence-electron chi connectivity index (χ0n) is 14.7. The van der Waals surface area contributed by atoms with Crippen LogP contribution in [0.5, 0.6) is 0 Å². The Kier molecular flexibility index (Phi) is 5.12. The molecule has 0 fully saturated rings. The Morgan fingerprint density at radius 2 is 1.96 bits per heavy atom. The van der Waals surface area contributed by atoms with Crippen molar-refractivity contribution in [1.29, 1.82) is 0 Å². The zero-order chi connectivity index (χ0) is 18.5. The van der Waals surface area contributed by atoms with E-state index in [1.807, 2.05) is 35.9 Å². The van der Waals surface area contributed by atoms with Gasteiger partial charge in [0.25, 0.3) is 5.91 Å². The van der Waals surface area contributed by atoms with Crippen molar-refractivity contribution in [2.24, 2.45) is 0 Å². The number of fused-ring (bicyclic) bond motifs is 1. The summed E-state index contributed by atoms with van der Waals surface area (Å²) in [5, 5.41) is 5.39. The second-order valence-electron chi connectivity index (χ2n) is 5.91. The van der Waals surface area contributed by atoms with Gasteiger partial charge in [0.2, 0.25) is 5.91 Å². The fourth-order valence-corrected chi connectivity index (χ4v) is 2.59. The second kappa shape index (κ2) is 7.65. The first kappa shape index (κ1) is 17.4. The molecule has 0 saturated heterocycles. The molecule has 0 atom stereocenters. The van der Waals surface area contributed by atoms with Crippen LogP contribution in [-0.4, -0.2) is 28.2 Å². The van der Waals surface area contributed by atoms with Crippen LogP contribution in [0.1, 0.15) is 27.2 Å². The topological polar surface area (TPSA) is 75.5 Å². The molecule has 0 bridgehead atoms. The molecule has 0 aliphatic carbocycles. The average Bonchev–Trinajstić information content (AvgIpc) is 3.09. The van der Waals surface area contributed by atoms with E-state index in [4.69, 9.17) is 0 Å². The van der Waals surface area contributed by atoms with Gasteiger partial charge in [0.1, 0.15) is 5.65 Å². The van der Waals surface area contributed by atoms with E-state index in [2.05, 4.69) is 15.6 Å². The van der Waals surface area contributed by atoms with E-state index in [0.717, 1.165) is 22.5 Å². The molecule has 0 aliphatic heterocycles. The van der Waals surface area contributed by atoms with Gasteiger partial charge in [-0.05, 0) is 42.3 Å². The molecule has 3 rings (SSSR count). The summed E-state index contributed by atoms with van der Waals surface area (Å²) in [4.78, 5) is 28.0. The van der Waals surface area contributed by atoms with Crippen LogP contribution in [0, 0.1) is 6.92 Å². The number of amides is 2. The lowest BCUT2D eigenvalue weighted by Gasteiger charge is -2.00. The number of carbonyl (C=O) groups is 2. The molecule has 26 heavy (non-hydrogen) atoms. The SMILES string of the molecule is CNC(=O)c1ccc(/C=C/C(=O)NCc2cn3cccc(C)c3n2)cc1. The maximum atomic E-state index is 12.0. The number of pyridine rings is 1.